The number of nitrogens with zero attached hydrogens (tertiary/aromatic N) is 1. The second kappa shape index (κ2) is 6.48. The Morgan fingerprint density at radius 1 is 1.41 bits per heavy atom. The van der Waals surface area contributed by atoms with E-state index in [2.05, 4.69) is 5.32 Å². The lowest BCUT2D eigenvalue weighted by Crippen LogP contribution is -2.51. The van der Waals surface area contributed by atoms with Crippen molar-refractivity contribution < 1.29 is 14.3 Å². The van der Waals surface area contributed by atoms with Gasteiger partial charge in [0.15, 0.2) is 0 Å². The van der Waals surface area contributed by atoms with Gasteiger partial charge < -0.3 is 15.0 Å². The van der Waals surface area contributed by atoms with E-state index in [4.69, 9.17) is 4.74 Å². The Balaban J connectivity index is 1.99. The molecule has 1 aromatic rings. The summed E-state index contributed by atoms with van der Waals surface area (Å²) in [4.78, 5) is 25.7. The van der Waals surface area contributed by atoms with Crippen LogP contribution in [-0.4, -0.2) is 37.6 Å². The smallest absolute Gasteiger partial charge is 0.253 e. The molecule has 5 heteroatoms. The Hall–Kier alpha value is -1.88. The fourth-order valence-electron chi connectivity index (χ4n) is 2.27. The monoisotopic (exact) mass is 304 g/mol. The number of ether oxygens (including phenoxy) is 1. The minimum absolute atomic E-state index is 0.0184. The van der Waals surface area contributed by atoms with Gasteiger partial charge in [-0.05, 0) is 24.6 Å². The second-order valence-corrected chi connectivity index (χ2v) is 6.74. The Labute approximate surface area is 131 Å². The third-order valence-corrected chi connectivity index (χ3v) is 3.61. The van der Waals surface area contributed by atoms with Crippen molar-refractivity contribution in [3.63, 3.8) is 0 Å². The Morgan fingerprint density at radius 2 is 2.14 bits per heavy atom. The average molecular weight is 304 g/mol. The van der Waals surface area contributed by atoms with Crippen molar-refractivity contribution in [3.05, 3.63) is 29.8 Å². The van der Waals surface area contributed by atoms with Gasteiger partial charge in [-0.15, -0.1) is 0 Å². The van der Waals surface area contributed by atoms with Crippen molar-refractivity contribution in [2.75, 3.05) is 24.6 Å². The molecule has 22 heavy (non-hydrogen) atoms. The molecule has 0 aliphatic carbocycles. The molecule has 1 saturated heterocycles. The molecule has 0 radical (unpaired) electrons. The summed E-state index contributed by atoms with van der Waals surface area (Å²) in [6.45, 7) is 8.50. The first-order valence-corrected chi connectivity index (χ1v) is 7.54. The zero-order valence-electron chi connectivity index (χ0n) is 13.7. The molecule has 0 spiro atoms. The number of anilines is 1. The highest BCUT2D eigenvalue weighted by molar-refractivity contribution is 5.95. The van der Waals surface area contributed by atoms with E-state index in [0.29, 0.717) is 13.1 Å². The summed E-state index contributed by atoms with van der Waals surface area (Å²) >= 11 is 0. The van der Waals surface area contributed by atoms with Gasteiger partial charge in [-0.25, -0.2) is 0 Å². The van der Waals surface area contributed by atoms with Crippen LogP contribution in [0.4, 0.5) is 5.69 Å². The van der Waals surface area contributed by atoms with Crippen molar-refractivity contribution >= 4 is 17.5 Å². The summed E-state index contributed by atoms with van der Waals surface area (Å²) in [5, 5.41) is 2.89. The summed E-state index contributed by atoms with van der Waals surface area (Å²) in [7, 11) is 0. The van der Waals surface area contributed by atoms with E-state index in [1.165, 1.54) is 0 Å². The van der Waals surface area contributed by atoms with Gasteiger partial charge in [-0.1, -0.05) is 32.9 Å². The number of carbonyl (C=O) groups is 2. The molecule has 1 aliphatic heterocycles. The summed E-state index contributed by atoms with van der Waals surface area (Å²) < 4.78 is 5.53. The van der Waals surface area contributed by atoms with Crippen LogP contribution in [0.15, 0.2) is 24.3 Å². The number of hydrogen-bond acceptors (Lipinski definition) is 3. The van der Waals surface area contributed by atoms with E-state index in [1.54, 1.807) is 4.90 Å². The third-order valence-electron chi connectivity index (χ3n) is 3.61. The topological polar surface area (TPSA) is 58.6 Å². The summed E-state index contributed by atoms with van der Waals surface area (Å²) in [5.74, 6) is -0.0703. The molecule has 1 unspecified atom stereocenters. The minimum Gasteiger partial charge on any atom is -0.365 e. The van der Waals surface area contributed by atoms with E-state index in [0.717, 1.165) is 11.3 Å². The van der Waals surface area contributed by atoms with E-state index in [9.17, 15) is 9.59 Å². The summed E-state index contributed by atoms with van der Waals surface area (Å²) in [6, 6.07) is 7.83. The summed E-state index contributed by atoms with van der Waals surface area (Å²) in [5.41, 5.74) is 1.55. The molecule has 1 aliphatic rings. The van der Waals surface area contributed by atoms with Crippen molar-refractivity contribution in [1.82, 2.24) is 5.32 Å². The predicted molar refractivity (Wildman–Crippen MR) is 85.7 cm³/mol. The van der Waals surface area contributed by atoms with E-state index >= 15 is 0 Å². The number of carbonyl (C=O) groups excluding carboxylic acids is 2. The first kappa shape index (κ1) is 16.5. The van der Waals surface area contributed by atoms with Crippen molar-refractivity contribution in [1.29, 1.82) is 0 Å². The molecule has 0 aromatic heterocycles. The molecule has 2 amide bonds. The van der Waals surface area contributed by atoms with Crippen LogP contribution < -0.4 is 10.2 Å². The van der Waals surface area contributed by atoms with Gasteiger partial charge >= 0.3 is 0 Å². The van der Waals surface area contributed by atoms with Crippen LogP contribution in [0.3, 0.4) is 0 Å². The van der Waals surface area contributed by atoms with Crippen LogP contribution in [0.1, 0.15) is 26.3 Å². The normalized spacial score (nSPS) is 19.2. The number of benzene rings is 1. The standard InChI is InChI=1S/C17H24N2O3/c1-12-6-5-7-13(8-12)19-10-14(22-11-15(19)20)9-18-16(21)17(2,3)4/h5-8,14H,9-11H2,1-4H3,(H,18,21). The number of amides is 2. The maximum Gasteiger partial charge on any atom is 0.253 e. The van der Waals surface area contributed by atoms with Crippen LogP contribution in [0.5, 0.6) is 0 Å². The van der Waals surface area contributed by atoms with E-state index in [-0.39, 0.29) is 24.5 Å². The number of rotatable bonds is 3. The lowest BCUT2D eigenvalue weighted by molar-refractivity contribution is -0.131. The van der Waals surface area contributed by atoms with Crippen LogP contribution in [0.25, 0.3) is 0 Å². The van der Waals surface area contributed by atoms with Crippen molar-refractivity contribution in [3.8, 4) is 0 Å². The fraction of sp³-hybridized carbons (Fsp3) is 0.529. The van der Waals surface area contributed by atoms with Gasteiger partial charge in [0.1, 0.15) is 6.61 Å². The third kappa shape index (κ3) is 4.07. The molecular formula is C17H24N2O3. The molecule has 1 fully saturated rings. The minimum atomic E-state index is -0.430. The predicted octanol–water partition coefficient (Wildman–Crippen LogP) is 1.89. The lowest BCUT2D eigenvalue weighted by atomic mass is 9.95. The fourth-order valence-corrected chi connectivity index (χ4v) is 2.27. The van der Waals surface area contributed by atoms with Crippen LogP contribution in [0, 0.1) is 12.3 Å². The highest BCUT2D eigenvalue weighted by Crippen LogP contribution is 2.20. The first-order chi connectivity index (χ1) is 10.3. The highest BCUT2D eigenvalue weighted by atomic mass is 16.5. The molecule has 0 bridgehead atoms. The lowest BCUT2D eigenvalue weighted by Gasteiger charge is -2.33. The summed E-state index contributed by atoms with van der Waals surface area (Å²) in [6.07, 6.45) is -0.190. The van der Waals surface area contributed by atoms with Crippen LogP contribution in [-0.2, 0) is 14.3 Å². The largest absolute Gasteiger partial charge is 0.365 e. The van der Waals surface area contributed by atoms with Gasteiger partial charge in [0.05, 0.1) is 12.6 Å². The number of morpholine rings is 1. The average Bonchev–Trinajstić information content (AvgIpc) is 2.45. The van der Waals surface area contributed by atoms with Crippen LogP contribution in [0.2, 0.25) is 0 Å². The first-order valence-electron chi connectivity index (χ1n) is 7.54. The molecule has 0 saturated carbocycles. The zero-order chi connectivity index (χ0) is 16.3. The van der Waals surface area contributed by atoms with E-state index < -0.39 is 5.41 Å². The molecule has 5 nitrogen and oxygen atoms in total. The molecular weight excluding hydrogens is 280 g/mol. The number of aryl methyl sites for hydroxylation is 1. The number of nitrogens with one attached hydrogen (secondary N) is 1. The highest BCUT2D eigenvalue weighted by Gasteiger charge is 2.29. The van der Waals surface area contributed by atoms with Crippen molar-refractivity contribution in [2.24, 2.45) is 5.41 Å². The van der Waals surface area contributed by atoms with Gasteiger partial charge in [-0.2, -0.15) is 0 Å². The maximum atomic E-state index is 12.1. The molecule has 1 heterocycles. The van der Waals surface area contributed by atoms with Gasteiger partial charge in [0, 0.05) is 17.6 Å². The quantitative estimate of drug-likeness (QED) is 0.927. The molecule has 1 aromatic carbocycles. The zero-order valence-corrected chi connectivity index (χ0v) is 13.7. The van der Waals surface area contributed by atoms with E-state index in [1.807, 2.05) is 52.0 Å². The van der Waals surface area contributed by atoms with Crippen LogP contribution >= 0.6 is 0 Å². The van der Waals surface area contributed by atoms with Gasteiger partial charge in [-0.3, -0.25) is 9.59 Å². The molecule has 2 rings (SSSR count). The molecule has 1 N–H and O–H groups in total. The Morgan fingerprint density at radius 3 is 2.77 bits per heavy atom. The SMILES string of the molecule is Cc1cccc(N2CC(CNC(=O)C(C)(C)C)OCC2=O)c1. The Bertz CT molecular complexity index is 563. The van der Waals surface area contributed by atoms with Gasteiger partial charge in [0.25, 0.3) is 5.91 Å². The Kier molecular flexibility index (Phi) is 4.86. The maximum absolute atomic E-state index is 12.1. The van der Waals surface area contributed by atoms with Gasteiger partial charge in [0.2, 0.25) is 5.91 Å². The molecule has 1 atom stereocenters. The molecule has 120 valence electrons. The number of hydrogen-bond donors (Lipinski definition) is 1. The second-order valence-electron chi connectivity index (χ2n) is 6.74. The van der Waals surface area contributed by atoms with Crippen molar-refractivity contribution in [2.45, 2.75) is 33.8 Å².